The lowest BCUT2D eigenvalue weighted by atomic mass is 9.85. The molecule has 86 valence electrons. The molecule has 1 N–H and O–H groups in total. The Bertz CT molecular complexity index is 410. The van der Waals surface area contributed by atoms with Gasteiger partial charge in [0.2, 0.25) is 0 Å². The Morgan fingerprint density at radius 2 is 2.06 bits per heavy atom. The van der Waals surface area contributed by atoms with Gasteiger partial charge in [-0.2, -0.15) is 0 Å². The van der Waals surface area contributed by atoms with Crippen LogP contribution < -0.4 is 10.2 Å². The lowest BCUT2D eigenvalue weighted by Crippen LogP contribution is -2.51. The first-order valence-electron chi connectivity index (χ1n) is 5.95. The number of para-hydroxylation sites is 1. The molecular formula is C13H17BrN2. The van der Waals surface area contributed by atoms with Crippen LogP contribution in [0, 0.1) is 0 Å². The second kappa shape index (κ2) is 3.74. The first kappa shape index (κ1) is 10.6. The fourth-order valence-electron chi connectivity index (χ4n) is 3.19. The van der Waals surface area contributed by atoms with Crippen LogP contribution in [0.15, 0.2) is 22.7 Å². The van der Waals surface area contributed by atoms with Gasteiger partial charge in [0.1, 0.15) is 0 Å². The summed E-state index contributed by atoms with van der Waals surface area (Å²) in [6, 6.07) is 6.57. The van der Waals surface area contributed by atoms with Gasteiger partial charge in [-0.05, 0) is 59.9 Å². The number of rotatable bonds is 0. The maximum absolute atomic E-state index is 3.68. The minimum Gasteiger partial charge on any atom is -0.367 e. The number of hydrogen-bond acceptors (Lipinski definition) is 2. The van der Waals surface area contributed by atoms with Gasteiger partial charge in [-0.15, -0.1) is 0 Å². The molecule has 16 heavy (non-hydrogen) atoms. The minimum atomic E-state index is 0.372. The molecule has 2 heterocycles. The minimum absolute atomic E-state index is 0.372. The van der Waals surface area contributed by atoms with Gasteiger partial charge < -0.3 is 10.2 Å². The van der Waals surface area contributed by atoms with Crippen molar-refractivity contribution in [3.05, 3.63) is 28.2 Å². The average Bonchev–Trinajstić information content (AvgIpc) is 2.55. The van der Waals surface area contributed by atoms with Gasteiger partial charge in [0.15, 0.2) is 0 Å². The number of fused-ring (bicyclic) bond motifs is 1. The fraction of sp³-hybridized carbons (Fsp3) is 0.538. The normalized spacial score (nSPS) is 22.5. The van der Waals surface area contributed by atoms with Crippen molar-refractivity contribution in [1.82, 2.24) is 5.32 Å². The molecule has 1 aromatic rings. The first-order chi connectivity index (χ1) is 7.73. The predicted octanol–water partition coefficient (Wildman–Crippen LogP) is 2.56. The van der Waals surface area contributed by atoms with Crippen LogP contribution in [0.2, 0.25) is 0 Å². The summed E-state index contributed by atoms with van der Waals surface area (Å²) >= 11 is 3.68. The third-order valence-corrected chi connectivity index (χ3v) is 4.81. The van der Waals surface area contributed by atoms with Gasteiger partial charge in [0.05, 0.1) is 5.69 Å². The van der Waals surface area contributed by atoms with Gasteiger partial charge >= 0.3 is 0 Å². The van der Waals surface area contributed by atoms with Crippen LogP contribution in [0.4, 0.5) is 5.69 Å². The Labute approximate surface area is 105 Å². The van der Waals surface area contributed by atoms with E-state index in [0.29, 0.717) is 5.54 Å². The van der Waals surface area contributed by atoms with Gasteiger partial charge in [-0.1, -0.05) is 12.1 Å². The standard InChI is InChI=1S/C13H17BrN2/c1-16-12-10(3-2-4-11(12)14)9-13(16)5-7-15-8-6-13/h2-4,15H,5-9H2,1H3. The molecule has 3 heteroatoms. The van der Waals surface area contributed by atoms with E-state index in [4.69, 9.17) is 0 Å². The second-order valence-electron chi connectivity index (χ2n) is 4.96. The number of halogens is 1. The lowest BCUT2D eigenvalue weighted by Gasteiger charge is -2.41. The summed E-state index contributed by atoms with van der Waals surface area (Å²) in [6.07, 6.45) is 3.72. The molecule has 0 aliphatic carbocycles. The van der Waals surface area contributed by atoms with Crippen molar-refractivity contribution in [1.29, 1.82) is 0 Å². The van der Waals surface area contributed by atoms with Gasteiger partial charge in [-0.25, -0.2) is 0 Å². The van der Waals surface area contributed by atoms with Crippen LogP contribution in [0.5, 0.6) is 0 Å². The van der Waals surface area contributed by atoms with Gasteiger partial charge in [0, 0.05) is 17.1 Å². The van der Waals surface area contributed by atoms with Gasteiger partial charge in [-0.3, -0.25) is 0 Å². The van der Waals surface area contributed by atoms with Crippen LogP contribution in [0.1, 0.15) is 18.4 Å². The molecule has 2 nitrogen and oxygen atoms in total. The van der Waals surface area contributed by atoms with Crippen molar-refractivity contribution in [2.75, 3.05) is 25.0 Å². The summed E-state index contributed by atoms with van der Waals surface area (Å²) in [5, 5.41) is 3.46. The van der Waals surface area contributed by atoms with Crippen molar-refractivity contribution in [3.8, 4) is 0 Å². The number of hydrogen-bond donors (Lipinski definition) is 1. The van der Waals surface area contributed by atoms with Crippen molar-refractivity contribution in [2.24, 2.45) is 0 Å². The van der Waals surface area contributed by atoms with Gasteiger partial charge in [0.25, 0.3) is 0 Å². The molecule has 0 bridgehead atoms. The Morgan fingerprint density at radius 1 is 1.31 bits per heavy atom. The van der Waals surface area contributed by atoms with Crippen LogP contribution in [0.25, 0.3) is 0 Å². The Balaban J connectivity index is 2.02. The molecule has 1 saturated heterocycles. The molecular weight excluding hydrogens is 264 g/mol. The number of benzene rings is 1. The highest BCUT2D eigenvalue weighted by atomic mass is 79.9. The number of nitrogens with one attached hydrogen (secondary N) is 1. The lowest BCUT2D eigenvalue weighted by molar-refractivity contribution is 0.310. The quantitative estimate of drug-likeness (QED) is 0.786. The summed E-state index contributed by atoms with van der Waals surface area (Å²) in [4.78, 5) is 2.51. The Kier molecular flexibility index (Phi) is 2.48. The Morgan fingerprint density at radius 3 is 2.75 bits per heavy atom. The molecule has 0 unspecified atom stereocenters. The maximum atomic E-state index is 3.68. The first-order valence-corrected chi connectivity index (χ1v) is 6.74. The largest absolute Gasteiger partial charge is 0.367 e. The van der Waals surface area contributed by atoms with E-state index in [0.717, 1.165) is 13.1 Å². The summed E-state index contributed by atoms with van der Waals surface area (Å²) in [5.41, 5.74) is 3.28. The van der Waals surface area contributed by atoms with Crippen LogP contribution >= 0.6 is 15.9 Å². The van der Waals surface area contributed by atoms with Crippen molar-refractivity contribution < 1.29 is 0 Å². The van der Waals surface area contributed by atoms with Crippen molar-refractivity contribution in [3.63, 3.8) is 0 Å². The summed E-state index contributed by atoms with van der Waals surface area (Å²) in [5.74, 6) is 0. The third kappa shape index (κ3) is 1.41. The van der Waals surface area contributed by atoms with E-state index in [1.165, 1.54) is 35.0 Å². The molecule has 2 aliphatic heterocycles. The van der Waals surface area contributed by atoms with Crippen molar-refractivity contribution in [2.45, 2.75) is 24.8 Å². The fourth-order valence-corrected chi connectivity index (χ4v) is 3.87. The monoisotopic (exact) mass is 280 g/mol. The van der Waals surface area contributed by atoms with E-state index in [2.05, 4.69) is 51.4 Å². The molecule has 0 aromatic heterocycles. The molecule has 0 radical (unpaired) electrons. The molecule has 3 rings (SSSR count). The number of nitrogens with zero attached hydrogens (tertiary/aromatic N) is 1. The van der Waals surface area contributed by atoms with E-state index < -0.39 is 0 Å². The van der Waals surface area contributed by atoms with E-state index in [-0.39, 0.29) is 0 Å². The smallest absolute Gasteiger partial charge is 0.0546 e. The molecule has 1 spiro atoms. The van der Waals surface area contributed by atoms with Crippen LogP contribution in [-0.4, -0.2) is 25.7 Å². The third-order valence-electron chi connectivity index (χ3n) is 4.17. The summed E-state index contributed by atoms with van der Waals surface area (Å²) in [6.45, 7) is 2.30. The molecule has 2 aliphatic rings. The zero-order valence-electron chi connectivity index (χ0n) is 9.59. The highest BCUT2D eigenvalue weighted by Crippen LogP contribution is 2.45. The molecule has 1 aromatic carbocycles. The highest BCUT2D eigenvalue weighted by molar-refractivity contribution is 9.10. The highest BCUT2D eigenvalue weighted by Gasteiger charge is 2.42. The predicted molar refractivity (Wildman–Crippen MR) is 71.1 cm³/mol. The molecule has 1 fully saturated rings. The average molecular weight is 281 g/mol. The second-order valence-corrected chi connectivity index (χ2v) is 5.81. The number of likely N-dealkylation sites (N-methyl/N-ethyl adjacent to an activating group) is 1. The van der Waals surface area contributed by atoms with Crippen LogP contribution in [0.3, 0.4) is 0 Å². The van der Waals surface area contributed by atoms with E-state index >= 15 is 0 Å². The Hall–Kier alpha value is -0.540. The van der Waals surface area contributed by atoms with E-state index in [1.807, 2.05) is 0 Å². The molecule has 0 saturated carbocycles. The van der Waals surface area contributed by atoms with Crippen molar-refractivity contribution >= 4 is 21.6 Å². The summed E-state index contributed by atoms with van der Waals surface area (Å²) < 4.78 is 1.24. The van der Waals surface area contributed by atoms with E-state index in [9.17, 15) is 0 Å². The zero-order valence-corrected chi connectivity index (χ0v) is 11.2. The topological polar surface area (TPSA) is 15.3 Å². The maximum Gasteiger partial charge on any atom is 0.0546 e. The molecule has 0 amide bonds. The molecule has 0 atom stereocenters. The van der Waals surface area contributed by atoms with Crippen LogP contribution in [-0.2, 0) is 6.42 Å². The zero-order chi connectivity index (χ0) is 11.2. The SMILES string of the molecule is CN1c2c(Br)cccc2CC12CCNCC2. The van der Waals surface area contributed by atoms with E-state index in [1.54, 1.807) is 0 Å². The number of anilines is 1. The number of piperidine rings is 1. The summed E-state index contributed by atoms with van der Waals surface area (Å²) in [7, 11) is 2.25.